The normalized spacial score (nSPS) is 9.40. The van der Waals surface area contributed by atoms with E-state index in [1.807, 2.05) is 0 Å². The number of hydrogen-bond acceptors (Lipinski definition) is 4. The van der Waals surface area contributed by atoms with Crippen molar-refractivity contribution in [3.05, 3.63) is 29.8 Å². The molecule has 0 aliphatic carbocycles. The summed E-state index contributed by atoms with van der Waals surface area (Å²) >= 11 is 0. The van der Waals surface area contributed by atoms with Crippen LogP contribution >= 0.6 is 0 Å². The Morgan fingerprint density at radius 3 is 2.40 bits per heavy atom. The van der Waals surface area contributed by atoms with Gasteiger partial charge in [-0.2, -0.15) is 0 Å². The first kappa shape index (κ1) is 11.0. The van der Waals surface area contributed by atoms with E-state index in [4.69, 9.17) is 5.11 Å². The summed E-state index contributed by atoms with van der Waals surface area (Å²) in [4.78, 5) is 21.3. The molecule has 0 aliphatic heterocycles. The number of aromatic carboxylic acids is 1. The van der Waals surface area contributed by atoms with Crippen molar-refractivity contribution in [3.63, 3.8) is 0 Å². The predicted molar refractivity (Wildman–Crippen MR) is 53.9 cm³/mol. The van der Waals surface area contributed by atoms with E-state index < -0.39 is 5.97 Å². The van der Waals surface area contributed by atoms with Gasteiger partial charge in [0.25, 0.3) is 0 Å². The Hall–Kier alpha value is -2.04. The fourth-order valence-electron chi connectivity index (χ4n) is 0.977. The van der Waals surface area contributed by atoms with Gasteiger partial charge in [0, 0.05) is 5.69 Å². The number of carboxylic acid groups (broad SMARTS) is 1. The van der Waals surface area contributed by atoms with Crippen molar-refractivity contribution in [2.24, 2.45) is 0 Å². The summed E-state index contributed by atoms with van der Waals surface area (Å²) in [5.41, 5.74) is 0.879. The number of benzene rings is 1. The third-order valence-electron chi connectivity index (χ3n) is 1.80. The van der Waals surface area contributed by atoms with E-state index in [0.717, 1.165) is 0 Å². The van der Waals surface area contributed by atoms with Gasteiger partial charge in [-0.25, -0.2) is 4.79 Å². The van der Waals surface area contributed by atoms with Crippen molar-refractivity contribution in [3.8, 4) is 0 Å². The van der Waals surface area contributed by atoms with Gasteiger partial charge in [-0.3, -0.25) is 4.79 Å². The SMILES string of the molecule is COC(=O)CNc1ccc(C(=O)O)cc1. The summed E-state index contributed by atoms with van der Waals surface area (Å²) < 4.78 is 4.44. The molecule has 0 unspecified atom stereocenters. The van der Waals surface area contributed by atoms with Crippen LogP contribution in [-0.2, 0) is 9.53 Å². The summed E-state index contributed by atoms with van der Waals surface area (Å²) in [5.74, 6) is -1.35. The average molecular weight is 209 g/mol. The monoisotopic (exact) mass is 209 g/mol. The minimum atomic E-state index is -0.977. The molecule has 0 heterocycles. The summed E-state index contributed by atoms with van der Waals surface area (Å²) in [6.07, 6.45) is 0. The third-order valence-corrected chi connectivity index (χ3v) is 1.80. The second-order valence-electron chi connectivity index (χ2n) is 2.81. The van der Waals surface area contributed by atoms with Gasteiger partial charge < -0.3 is 15.2 Å². The maximum atomic E-state index is 10.8. The van der Waals surface area contributed by atoms with Crippen molar-refractivity contribution in [1.82, 2.24) is 0 Å². The second kappa shape index (κ2) is 4.99. The van der Waals surface area contributed by atoms with Crippen molar-refractivity contribution >= 4 is 17.6 Å². The van der Waals surface area contributed by atoms with E-state index in [9.17, 15) is 9.59 Å². The van der Waals surface area contributed by atoms with E-state index in [2.05, 4.69) is 10.1 Å². The minimum Gasteiger partial charge on any atom is -0.478 e. The zero-order valence-corrected chi connectivity index (χ0v) is 8.19. The Labute approximate surface area is 86.7 Å². The van der Waals surface area contributed by atoms with Crippen LogP contribution in [0.2, 0.25) is 0 Å². The first-order valence-corrected chi connectivity index (χ1v) is 4.27. The minimum absolute atomic E-state index is 0.0585. The molecule has 5 nitrogen and oxygen atoms in total. The lowest BCUT2D eigenvalue weighted by Gasteiger charge is -2.04. The Bertz CT molecular complexity index is 358. The Morgan fingerprint density at radius 2 is 1.93 bits per heavy atom. The number of esters is 1. The molecule has 15 heavy (non-hydrogen) atoms. The number of methoxy groups -OCH3 is 1. The second-order valence-corrected chi connectivity index (χ2v) is 2.81. The molecular weight excluding hydrogens is 198 g/mol. The van der Waals surface area contributed by atoms with Gasteiger partial charge >= 0.3 is 11.9 Å². The van der Waals surface area contributed by atoms with Crippen LogP contribution in [0.5, 0.6) is 0 Å². The highest BCUT2D eigenvalue weighted by Gasteiger charge is 2.02. The fourth-order valence-corrected chi connectivity index (χ4v) is 0.977. The number of ether oxygens (including phenoxy) is 1. The summed E-state index contributed by atoms with van der Waals surface area (Å²) in [7, 11) is 1.30. The third kappa shape index (κ3) is 3.30. The number of hydrogen-bond donors (Lipinski definition) is 2. The largest absolute Gasteiger partial charge is 0.478 e. The van der Waals surface area contributed by atoms with Crippen molar-refractivity contribution in [2.75, 3.05) is 19.0 Å². The van der Waals surface area contributed by atoms with Gasteiger partial charge in [-0.1, -0.05) is 0 Å². The molecule has 1 rings (SSSR count). The van der Waals surface area contributed by atoms with Gasteiger partial charge in [-0.05, 0) is 24.3 Å². The summed E-state index contributed by atoms with van der Waals surface area (Å²) in [5, 5.41) is 11.4. The average Bonchev–Trinajstić information content (AvgIpc) is 2.26. The standard InChI is InChI=1S/C10H11NO4/c1-15-9(12)6-11-8-4-2-7(3-5-8)10(13)14/h2-5,11H,6H2,1H3,(H,13,14). The maximum Gasteiger partial charge on any atom is 0.335 e. The first-order valence-electron chi connectivity index (χ1n) is 4.27. The number of rotatable bonds is 4. The van der Waals surface area contributed by atoms with Crippen LogP contribution in [0.15, 0.2) is 24.3 Å². The number of anilines is 1. The van der Waals surface area contributed by atoms with Crippen molar-refractivity contribution in [1.29, 1.82) is 0 Å². The number of carbonyl (C=O) groups excluding carboxylic acids is 1. The van der Waals surface area contributed by atoms with E-state index in [1.54, 1.807) is 12.1 Å². The van der Waals surface area contributed by atoms with Gasteiger partial charge in [0.15, 0.2) is 0 Å². The van der Waals surface area contributed by atoms with Crippen LogP contribution < -0.4 is 5.32 Å². The zero-order valence-electron chi connectivity index (χ0n) is 8.19. The lowest BCUT2D eigenvalue weighted by atomic mass is 10.2. The van der Waals surface area contributed by atoms with Crippen LogP contribution in [0.1, 0.15) is 10.4 Å². The molecule has 1 aromatic carbocycles. The lowest BCUT2D eigenvalue weighted by molar-refractivity contribution is -0.138. The van der Waals surface area contributed by atoms with Crippen molar-refractivity contribution in [2.45, 2.75) is 0 Å². The fraction of sp³-hybridized carbons (Fsp3) is 0.200. The Morgan fingerprint density at radius 1 is 1.33 bits per heavy atom. The van der Waals surface area contributed by atoms with E-state index >= 15 is 0 Å². The van der Waals surface area contributed by atoms with Crippen LogP contribution in [0.4, 0.5) is 5.69 Å². The molecule has 0 fully saturated rings. The van der Waals surface area contributed by atoms with E-state index in [1.165, 1.54) is 19.2 Å². The van der Waals surface area contributed by atoms with Crippen LogP contribution in [0, 0.1) is 0 Å². The van der Waals surface area contributed by atoms with Gasteiger partial charge in [-0.15, -0.1) is 0 Å². The molecule has 0 saturated carbocycles. The van der Waals surface area contributed by atoms with E-state index in [-0.39, 0.29) is 18.1 Å². The number of nitrogens with one attached hydrogen (secondary N) is 1. The molecule has 0 radical (unpaired) electrons. The summed E-state index contributed by atoms with van der Waals surface area (Å²) in [6.45, 7) is 0.0585. The first-order chi connectivity index (χ1) is 7.13. The van der Waals surface area contributed by atoms with Crippen LogP contribution in [0.3, 0.4) is 0 Å². The van der Waals surface area contributed by atoms with Gasteiger partial charge in [0.2, 0.25) is 0 Å². The molecule has 0 aromatic heterocycles. The molecule has 2 N–H and O–H groups in total. The molecule has 0 atom stereocenters. The molecule has 0 saturated heterocycles. The molecule has 0 bridgehead atoms. The molecule has 0 spiro atoms. The lowest BCUT2D eigenvalue weighted by Crippen LogP contribution is -2.14. The predicted octanol–water partition coefficient (Wildman–Crippen LogP) is 0.970. The maximum absolute atomic E-state index is 10.8. The molecule has 5 heteroatoms. The highest BCUT2D eigenvalue weighted by molar-refractivity contribution is 5.88. The molecular formula is C10H11NO4. The zero-order chi connectivity index (χ0) is 11.3. The number of carboxylic acids is 1. The quantitative estimate of drug-likeness (QED) is 0.722. The smallest absolute Gasteiger partial charge is 0.335 e. The Kier molecular flexibility index (Phi) is 3.68. The van der Waals surface area contributed by atoms with E-state index in [0.29, 0.717) is 5.69 Å². The Balaban J connectivity index is 2.57. The number of carbonyl (C=O) groups is 2. The molecule has 0 aliphatic rings. The van der Waals surface area contributed by atoms with Crippen LogP contribution in [0.25, 0.3) is 0 Å². The highest BCUT2D eigenvalue weighted by Crippen LogP contribution is 2.08. The summed E-state index contributed by atoms with van der Waals surface area (Å²) in [6, 6.07) is 6.10. The van der Waals surface area contributed by atoms with Gasteiger partial charge in [0.05, 0.1) is 12.7 Å². The van der Waals surface area contributed by atoms with Crippen LogP contribution in [-0.4, -0.2) is 30.7 Å². The van der Waals surface area contributed by atoms with Crippen molar-refractivity contribution < 1.29 is 19.4 Å². The topological polar surface area (TPSA) is 75.6 Å². The molecule has 1 aromatic rings. The van der Waals surface area contributed by atoms with Gasteiger partial charge in [0.1, 0.15) is 6.54 Å². The molecule has 80 valence electrons. The molecule has 0 amide bonds. The highest BCUT2D eigenvalue weighted by atomic mass is 16.5.